The molecule has 3 heteroatoms. The number of nitrogens with zero attached hydrogens (tertiary/aromatic N) is 1. The summed E-state index contributed by atoms with van der Waals surface area (Å²) in [7, 11) is 0. The average Bonchev–Trinajstić information content (AvgIpc) is 3.10. The molecule has 3 aliphatic rings. The number of benzene rings is 1. The van der Waals surface area contributed by atoms with Gasteiger partial charge in [0.15, 0.2) is 0 Å². The van der Waals surface area contributed by atoms with Gasteiger partial charge >= 0.3 is 5.97 Å². The van der Waals surface area contributed by atoms with Gasteiger partial charge in [0.2, 0.25) is 0 Å². The first-order chi connectivity index (χ1) is 15.2. The first kappa shape index (κ1) is 20.2. The lowest BCUT2D eigenvalue weighted by Gasteiger charge is -2.40. The first-order valence-electron chi connectivity index (χ1n) is 11.8. The smallest absolute Gasteiger partial charge is 0.313 e. The molecule has 1 aromatic heterocycles. The summed E-state index contributed by atoms with van der Waals surface area (Å²) in [5.41, 5.74) is 6.03. The normalized spacial score (nSPS) is 29.9. The van der Waals surface area contributed by atoms with Gasteiger partial charge in [0.05, 0.1) is 11.6 Å². The number of aryl methyl sites for hydroxylation is 1. The van der Waals surface area contributed by atoms with Crippen molar-refractivity contribution in [1.29, 1.82) is 0 Å². The molecule has 5 rings (SSSR count). The van der Waals surface area contributed by atoms with Gasteiger partial charge < -0.3 is 4.74 Å². The van der Waals surface area contributed by atoms with Crippen LogP contribution in [0.4, 0.5) is 0 Å². The van der Waals surface area contributed by atoms with Gasteiger partial charge in [-0.2, -0.15) is 0 Å². The lowest BCUT2D eigenvalue weighted by molar-refractivity contribution is -0.142. The van der Waals surface area contributed by atoms with Crippen molar-refractivity contribution in [2.75, 3.05) is 0 Å². The molecule has 2 aliphatic carbocycles. The van der Waals surface area contributed by atoms with E-state index in [0.29, 0.717) is 11.8 Å². The van der Waals surface area contributed by atoms with Gasteiger partial charge in [-0.1, -0.05) is 67.5 Å². The third-order valence-electron chi connectivity index (χ3n) is 7.45. The van der Waals surface area contributed by atoms with Crippen LogP contribution >= 0.6 is 0 Å². The lowest BCUT2D eigenvalue weighted by atomic mass is 9.62. The van der Waals surface area contributed by atoms with Gasteiger partial charge in [-0.3, -0.25) is 9.78 Å². The molecule has 0 spiro atoms. The number of cyclic esters (lactones) is 1. The summed E-state index contributed by atoms with van der Waals surface area (Å²) < 4.78 is 5.66. The summed E-state index contributed by atoms with van der Waals surface area (Å²) >= 11 is 0. The predicted octanol–water partition coefficient (Wildman–Crippen LogP) is 6.25. The molecule has 160 valence electrons. The summed E-state index contributed by atoms with van der Waals surface area (Å²) in [6, 6.07) is 14.8. The maximum Gasteiger partial charge on any atom is 0.313 e. The summed E-state index contributed by atoms with van der Waals surface area (Å²) in [6.07, 6.45) is 12.5. The van der Waals surface area contributed by atoms with Crippen LogP contribution in [-0.2, 0) is 16.0 Å². The van der Waals surface area contributed by atoms with Gasteiger partial charge in [-0.25, -0.2) is 0 Å². The zero-order chi connectivity index (χ0) is 21.4. The average molecular weight is 414 g/mol. The molecular weight excluding hydrogens is 382 g/mol. The Labute approximate surface area is 185 Å². The van der Waals surface area contributed by atoms with Gasteiger partial charge in [-0.15, -0.1) is 0 Å². The maximum absolute atomic E-state index is 12.5. The molecule has 31 heavy (non-hydrogen) atoms. The maximum atomic E-state index is 12.5. The highest BCUT2D eigenvalue weighted by Crippen LogP contribution is 2.50. The van der Waals surface area contributed by atoms with E-state index in [-0.39, 0.29) is 23.9 Å². The van der Waals surface area contributed by atoms with Gasteiger partial charge in [0, 0.05) is 17.2 Å². The zero-order valence-corrected chi connectivity index (χ0v) is 18.5. The van der Waals surface area contributed by atoms with Crippen LogP contribution in [0, 0.1) is 23.7 Å². The van der Waals surface area contributed by atoms with Gasteiger partial charge in [0.1, 0.15) is 6.10 Å². The molecule has 1 saturated carbocycles. The Kier molecular flexibility index (Phi) is 5.52. The SMILES string of the molecule is CCc1nc(/C=C/[C@@H]2[C@@H]3[C@@H](C)OC(=O)[C@@H]3C=C3CCCC[C@H]32)ccc1-c1ccccc1. The third kappa shape index (κ3) is 3.75. The Balaban J connectivity index is 1.46. The van der Waals surface area contributed by atoms with Gasteiger partial charge in [0.25, 0.3) is 0 Å². The molecule has 5 atom stereocenters. The van der Waals surface area contributed by atoms with E-state index in [0.717, 1.165) is 24.2 Å². The Hall–Kier alpha value is -2.68. The second kappa shape index (κ2) is 8.45. The molecular formula is C28H31NO2. The van der Waals surface area contributed by atoms with E-state index in [4.69, 9.17) is 9.72 Å². The number of carbonyl (C=O) groups excluding carboxylic acids is 1. The standard InChI is InChI=1S/C28H31NO2/c1-3-26-23(19-9-5-4-6-10-19)15-13-21(29-26)14-16-24-22-12-8-7-11-20(22)17-25-27(24)18(2)31-28(25)30/h4-6,9-10,13-18,22,24-25,27H,3,7-8,11-12H2,1-2H3/b16-14+/t18-,22-,24+,25-,27+/m1/s1. The van der Waals surface area contributed by atoms with Crippen molar-refractivity contribution >= 4 is 12.0 Å². The van der Waals surface area contributed by atoms with Crippen LogP contribution in [0.3, 0.4) is 0 Å². The van der Waals surface area contributed by atoms with E-state index in [1.54, 1.807) is 0 Å². The molecule has 2 heterocycles. The third-order valence-corrected chi connectivity index (χ3v) is 7.45. The number of rotatable bonds is 4. The number of hydrogen-bond donors (Lipinski definition) is 0. The topological polar surface area (TPSA) is 39.2 Å². The van der Waals surface area contributed by atoms with Gasteiger partial charge in [-0.05, 0) is 62.1 Å². The molecule has 2 aromatic rings. The Morgan fingerprint density at radius 1 is 1.13 bits per heavy atom. The molecule has 0 bridgehead atoms. The highest BCUT2D eigenvalue weighted by Gasteiger charge is 2.50. The Morgan fingerprint density at radius 2 is 1.97 bits per heavy atom. The summed E-state index contributed by atoms with van der Waals surface area (Å²) in [5, 5.41) is 0. The van der Waals surface area contributed by atoms with E-state index in [1.165, 1.54) is 36.0 Å². The molecule has 2 fully saturated rings. The van der Waals surface area contributed by atoms with Crippen molar-refractivity contribution in [2.45, 2.75) is 52.1 Å². The van der Waals surface area contributed by atoms with Crippen molar-refractivity contribution in [3.05, 3.63) is 71.6 Å². The van der Waals surface area contributed by atoms with Crippen molar-refractivity contribution in [2.24, 2.45) is 23.7 Å². The van der Waals surface area contributed by atoms with E-state index in [9.17, 15) is 4.79 Å². The number of ether oxygens (including phenoxy) is 1. The second-order valence-corrected chi connectivity index (χ2v) is 9.23. The highest BCUT2D eigenvalue weighted by atomic mass is 16.6. The number of carbonyl (C=O) groups is 1. The van der Waals surface area contributed by atoms with Crippen molar-refractivity contribution < 1.29 is 9.53 Å². The number of allylic oxidation sites excluding steroid dienone is 2. The van der Waals surface area contributed by atoms with Crippen molar-refractivity contribution in [3.8, 4) is 11.1 Å². The lowest BCUT2D eigenvalue weighted by Crippen LogP contribution is -2.37. The van der Waals surface area contributed by atoms with Crippen molar-refractivity contribution in [1.82, 2.24) is 4.98 Å². The van der Waals surface area contributed by atoms with Crippen LogP contribution in [0.2, 0.25) is 0 Å². The number of aromatic nitrogens is 1. The fraction of sp³-hybridized carbons (Fsp3) is 0.429. The van der Waals surface area contributed by atoms with Crippen LogP contribution in [0.25, 0.3) is 17.2 Å². The van der Waals surface area contributed by atoms with Crippen LogP contribution in [0.15, 0.2) is 60.2 Å². The number of fused-ring (bicyclic) bond motifs is 2. The Bertz CT molecular complexity index is 1020. The second-order valence-electron chi connectivity index (χ2n) is 9.23. The van der Waals surface area contributed by atoms with E-state index < -0.39 is 0 Å². The van der Waals surface area contributed by atoms with E-state index in [1.807, 2.05) is 6.07 Å². The number of hydrogen-bond acceptors (Lipinski definition) is 3. The van der Waals surface area contributed by atoms with Crippen LogP contribution in [-0.4, -0.2) is 17.1 Å². The number of pyridine rings is 1. The minimum absolute atomic E-state index is 0.0218. The summed E-state index contributed by atoms with van der Waals surface area (Å²) in [5.74, 6) is 1.01. The van der Waals surface area contributed by atoms with E-state index >= 15 is 0 Å². The largest absolute Gasteiger partial charge is 0.462 e. The van der Waals surface area contributed by atoms with E-state index in [2.05, 4.69) is 68.5 Å². The molecule has 0 N–H and O–H groups in total. The number of esters is 1. The fourth-order valence-electron chi connectivity index (χ4n) is 5.96. The molecule has 0 radical (unpaired) electrons. The van der Waals surface area contributed by atoms with Crippen LogP contribution in [0.5, 0.6) is 0 Å². The summed E-state index contributed by atoms with van der Waals surface area (Å²) in [6.45, 7) is 4.23. The summed E-state index contributed by atoms with van der Waals surface area (Å²) in [4.78, 5) is 17.4. The molecule has 0 unspecified atom stereocenters. The first-order valence-corrected chi connectivity index (χ1v) is 11.8. The zero-order valence-electron chi connectivity index (χ0n) is 18.5. The molecule has 1 saturated heterocycles. The van der Waals surface area contributed by atoms with Crippen LogP contribution in [0.1, 0.15) is 50.9 Å². The molecule has 3 nitrogen and oxygen atoms in total. The van der Waals surface area contributed by atoms with Crippen LogP contribution < -0.4 is 0 Å². The van der Waals surface area contributed by atoms with Crippen molar-refractivity contribution in [3.63, 3.8) is 0 Å². The molecule has 0 amide bonds. The monoisotopic (exact) mass is 413 g/mol. The predicted molar refractivity (Wildman–Crippen MR) is 124 cm³/mol. The molecule has 1 aliphatic heterocycles. The minimum atomic E-state index is -0.0754. The molecule has 1 aromatic carbocycles. The minimum Gasteiger partial charge on any atom is -0.462 e. The Morgan fingerprint density at radius 3 is 2.77 bits per heavy atom. The fourth-order valence-corrected chi connectivity index (χ4v) is 5.96. The quantitative estimate of drug-likeness (QED) is 0.439. The highest BCUT2D eigenvalue weighted by molar-refractivity contribution is 5.78.